The van der Waals surface area contributed by atoms with Crippen LogP contribution in [-0.4, -0.2) is 33.1 Å². The average molecular weight is 331 g/mol. The van der Waals surface area contributed by atoms with E-state index in [2.05, 4.69) is 5.10 Å². The summed E-state index contributed by atoms with van der Waals surface area (Å²) in [5, 5.41) is 6.17. The number of hydrogen-bond donors (Lipinski definition) is 0. The van der Waals surface area contributed by atoms with Crippen molar-refractivity contribution in [1.29, 1.82) is 0 Å². The van der Waals surface area contributed by atoms with E-state index in [1.165, 1.54) is 7.11 Å². The van der Waals surface area contributed by atoms with Gasteiger partial charge in [0, 0.05) is 12.4 Å². The van der Waals surface area contributed by atoms with Gasteiger partial charge in [-0.15, -0.1) is 0 Å². The van der Waals surface area contributed by atoms with Gasteiger partial charge in [0.15, 0.2) is 5.69 Å². The number of rotatable bonds is 2. The molecular weight excluding hydrogens is 321 g/mol. The van der Waals surface area contributed by atoms with E-state index >= 15 is 0 Å². The maximum atomic E-state index is 11.9. The monoisotopic (exact) mass is 331 g/mol. The molecule has 0 radical (unpaired) electrons. The lowest BCUT2D eigenvalue weighted by atomic mass is 10.2. The second-order valence-electron chi connectivity index (χ2n) is 3.21. The molecule has 0 saturated carbocycles. The van der Waals surface area contributed by atoms with E-state index in [4.69, 9.17) is 4.84 Å². The molecule has 0 fully saturated rings. The molecule has 5 nitrogen and oxygen atoms in total. The van der Waals surface area contributed by atoms with Gasteiger partial charge < -0.3 is 0 Å². The number of fused-ring (bicyclic) bond motifs is 1. The minimum Gasteiger partial charge on any atom is -0.274 e. The van der Waals surface area contributed by atoms with Gasteiger partial charge in [0.25, 0.3) is 5.91 Å². The first kappa shape index (κ1) is 11.3. The van der Waals surface area contributed by atoms with Gasteiger partial charge in [0.2, 0.25) is 0 Å². The number of carbonyl (C=O) groups is 1. The second kappa shape index (κ2) is 4.38. The molecule has 0 saturated heterocycles. The maximum absolute atomic E-state index is 11.9. The lowest BCUT2D eigenvalue weighted by Gasteiger charge is -2.11. The summed E-state index contributed by atoms with van der Waals surface area (Å²) in [5.41, 5.74) is 1.31. The van der Waals surface area contributed by atoms with Crippen LogP contribution in [0, 0.1) is 0 Å². The Kier molecular flexibility index (Phi) is 3.10. The van der Waals surface area contributed by atoms with Gasteiger partial charge in [0.1, 0.15) is 0 Å². The van der Waals surface area contributed by atoms with Gasteiger partial charge in [-0.1, -0.05) is 18.2 Å². The molecule has 0 spiro atoms. The summed E-state index contributed by atoms with van der Waals surface area (Å²) < 4.78 is 1.66. The highest BCUT2D eigenvalue weighted by atomic mass is 127. The van der Waals surface area contributed by atoms with Crippen molar-refractivity contribution in [1.82, 2.24) is 13.1 Å². The molecule has 16 heavy (non-hydrogen) atoms. The molecule has 0 aliphatic rings. The zero-order valence-electron chi connectivity index (χ0n) is 8.85. The van der Waals surface area contributed by atoms with Crippen molar-refractivity contribution in [2.75, 3.05) is 14.2 Å². The molecule has 0 aliphatic carbocycles. The summed E-state index contributed by atoms with van der Waals surface area (Å²) in [6.07, 6.45) is 0. The quantitative estimate of drug-likeness (QED) is 0.624. The van der Waals surface area contributed by atoms with E-state index in [1.807, 2.05) is 47.1 Å². The first-order valence-corrected chi connectivity index (χ1v) is 5.57. The lowest BCUT2D eigenvalue weighted by molar-refractivity contribution is -0.0759. The van der Waals surface area contributed by atoms with Crippen LogP contribution in [0.4, 0.5) is 0 Å². The fourth-order valence-electron chi connectivity index (χ4n) is 1.42. The van der Waals surface area contributed by atoms with Gasteiger partial charge in [-0.25, -0.2) is 7.96 Å². The number of amides is 1. The van der Waals surface area contributed by atoms with Crippen LogP contribution in [0.1, 0.15) is 10.5 Å². The fraction of sp³-hybridized carbons (Fsp3) is 0.200. The third-order valence-corrected chi connectivity index (χ3v) is 3.04. The molecule has 6 heteroatoms. The van der Waals surface area contributed by atoms with Crippen molar-refractivity contribution >= 4 is 39.7 Å². The summed E-state index contributed by atoms with van der Waals surface area (Å²) in [6.45, 7) is 0. The van der Waals surface area contributed by atoms with E-state index < -0.39 is 0 Å². The number of para-hydroxylation sites is 1. The standard InChI is InChI=1S/C10H10IN3O2/c1-13(16-2)10(15)9-7-5-3-4-6-8(7)14(11)12-9/h3-6H,1-2H3. The highest BCUT2D eigenvalue weighted by molar-refractivity contribution is 14.1. The van der Waals surface area contributed by atoms with Crippen molar-refractivity contribution < 1.29 is 9.63 Å². The Labute approximate surface area is 106 Å². The summed E-state index contributed by atoms with van der Waals surface area (Å²) >= 11 is 2.04. The van der Waals surface area contributed by atoms with Crippen molar-refractivity contribution in [3.05, 3.63) is 30.0 Å². The molecule has 1 aromatic carbocycles. The molecule has 1 aromatic heterocycles. The summed E-state index contributed by atoms with van der Waals surface area (Å²) in [5.74, 6) is -0.255. The molecule has 0 unspecified atom stereocenters. The predicted octanol–water partition coefficient (Wildman–Crippen LogP) is 1.87. The van der Waals surface area contributed by atoms with Gasteiger partial charge in [-0.3, -0.25) is 9.63 Å². The van der Waals surface area contributed by atoms with Gasteiger partial charge >= 0.3 is 0 Å². The SMILES string of the molecule is CON(C)C(=O)c1nn(I)c2ccccc12. The number of nitrogens with zero attached hydrogens (tertiary/aromatic N) is 3. The Bertz CT molecular complexity index is 538. The van der Waals surface area contributed by atoms with Crippen LogP contribution in [-0.2, 0) is 4.84 Å². The first-order valence-electron chi connectivity index (χ1n) is 4.61. The summed E-state index contributed by atoms with van der Waals surface area (Å²) in [7, 11) is 3.00. The highest BCUT2D eigenvalue weighted by Gasteiger charge is 2.19. The lowest BCUT2D eigenvalue weighted by Crippen LogP contribution is -2.25. The normalized spacial score (nSPS) is 10.7. The largest absolute Gasteiger partial charge is 0.298 e. The third kappa shape index (κ3) is 1.78. The molecule has 84 valence electrons. The molecule has 0 atom stereocenters. The molecule has 0 bridgehead atoms. The Morgan fingerprint density at radius 1 is 1.50 bits per heavy atom. The fourth-order valence-corrected chi connectivity index (χ4v) is 2.06. The molecule has 1 amide bonds. The number of hydrogen-bond acceptors (Lipinski definition) is 3. The van der Waals surface area contributed by atoms with Crippen molar-refractivity contribution in [2.45, 2.75) is 0 Å². The number of halogens is 1. The molecular formula is C10H10IN3O2. The minimum absolute atomic E-state index is 0.255. The number of benzene rings is 1. The van der Waals surface area contributed by atoms with E-state index in [-0.39, 0.29) is 5.91 Å². The van der Waals surface area contributed by atoms with Crippen LogP contribution in [0.5, 0.6) is 0 Å². The predicted molar refractivity (Wildman–Crippen MR) is 68.3 cm³/mol. The number of hydroxylamine groups is 2. The summed E-state index contributed by atoms with van der Waals surface area (Å²) in [4.78, 5) is 16.8. The Balaban J connectivity index is 2.57. The van der Waals surface area contributed by atoms with Crippen LogP contribution < -0.4 is 0 Å². The zero-order chi connectivity index (χ0) is 11.7. The average Bonchev–Trinajstić information content (AvgIpc) is 2.65. The van der Waals surface area contributed by atoms with E-state index in [0.29, 0.717) is 5.69 Å². The second-order valence-corrected chi connectivity index (χ2v) is 4.12. The molecule has 0 aliphatic heterocycles. The molecule has 1 heterocycles. The summed E-state index contributed by atoms with van der Waals surface area (Å²) in [6, 6.07) is 7.57. The van der Waals surface area contributed by atoms with Gasteiger partial charge in [-0.2, -0.15) is 5.10 Å². The molecule has 2 rings (SSSR count). The number of carbonyl (C=O) groups excluding carboxylic acids is 1. The highest BCUT2D eigenvalue weighted by Crippen LogP contribution is 2.21. The first-order chi connectivity index (χ1) is 7.65. The van der Waals surface area contributed by atoms with Crippen LogP contribution >= 0.6 is 22.9 Å². The van der Waals surface area contributed by atoms with E-state index in [0.717, 1.165) is 16.0 Å². The van der Waals surface area contributed by atoms with Gasteiger partial charge in [-0.05, 0) is 6.07 Å². The Hall–Kier alpha value is -1.15. The van der Waals surface area contributed by atoms with Crippen molar-refractivity contribution in [3.8, 4) is 0 Å². The maximum Gasteiger partial charge on any atom is 0.298 e. The van der Waals surface area contributed by atoms with Crippen LogP contribution in [0.25, 0.3) is 10.9 Å². The zero-order valence-corrected chi connectivity index (χ0v) is 11.0. The van der Waals surface area contributed by atoms with Crippen molar-refractivity contribution in [3.63, 3.8) is 0 Å². The molecule has 2 aromatic rings. The number of aromatic nitrogens is 2. The van der Waals surface area contributed by atoms with Crippen LogP contribution in [0.15, 0.2) is 24.3 Å². The van der Waals surface area contributed by atoms with Crippen molar-refractivity contribution in [2.24, 2.45) is 0 Å². The van der Waals surface area contributed by atoms with Crippen LogP contribution in [0.2, 0.25) is 0 Å². The smallest absolute Gasteiger partial charge is 0.274 e. The van der Waals surface area contributed by atoms with E-state index in [1.54, 1.807) is 9.94 Å². The Morgan fingerprint density at radius 3 is 2.88 bits per heavy atom. The van der Waals surface area contributed by atoms with Crippen LogP contribution in [0.3, 0.4) is 0 Å². The topological polar surface area (TPSA) is 47.4 Å². The van der Waals surface area contributed by atoms with E-state index in [9.17, 15) is 4.79 Å². The van der Waals surface area contributed by atoms with Gasteiger partial charge in [0.05, 0.1) is 35.5 Å². The molecule has 0 N–H and O–H groups in total. The minimum atomic E-state index is -0.255. The third-order valence-electron chi connectivity index (χ3n) is 2.31. The Morgan fingerprint density at radius 2 is 2.19 bits per heavy atom.